The number of ether oxygens (including phenoxy) is 2. The maximum atomic E-state index is 14.1. The van der Waals surface area contributed by atoms with Crippen LogP contribution in [0, 0.1) is 0 Å². The Balaban J connectivity index is 1.01. The number of rotatable bonds is 10. The number of hydrogen-bond acceptors (Lipinski definition) is 10. The van der Waals surface area contributed by atoms with E-state index in [4.69, 9.17) is 15.2 Å². The number of piperazine rings is 1. The van der Waals surface area contributed by atoms with Crippen LogP contribution < -0.4 is 20.1 Å². The third kappa shape index (κ3) is 7.30. The minimum absolute atomic E-state index is 0.100. The summed E-state index contributed by atoms with van der Waals surface area (Å²) in [6.45, 7) is 5.65. The zero-order valence-corrected chi connectivity index (χ0v) is 32.2. The molecule has 5 aromatic rings. The Bertz CT molecular complexity index is 2050. The maximum absolute atomic E-state index is 14.1. The first kappa shape index (κ1) is 36.7. The lowest BCUT2D eigenvalue weighted by Crippen LogP contribution is -2.60. The first-order chi connectivity index (χ1) is 26.8. The van der Waals surface area contributed by atoms with Crippen molar-refractivity contribution in [3.05, 3.63) is 101 Å². The summed E-state index contributed by atoms with van der Waals surface area (Å²) in [6.07, 6.45) is 6.53. The number of nitrogens with two attached hydrogens (primary N) is 1. The standard InChI is InChI=1S/C42H52N10O3/c1-48-38-37(46-47-48)39(45-30-44-38)49-22-24-51(25-23-49)40(53)50-19-16-42(17-20-50)34-27-36(55-3)35(54-2)26-33(34)14-18-52(42)21-15-41(43,28-31-10-6-4-7-11-31)29-32-12-8-5-9-13-32/h4-13,26-27,30H,14-25,28-29,43H2,1-3H3. The Kier molecular flexibility index (Phi) is 10.3. The summed E-state index contributed by atoms with van der Waals surface area (Å²) in [5.41, 5.74) is 13.2. The van der Waals surface area contributed by atoms with E-state index >= 15 is 0 Å². The number of aromatic nitrogens is 5. The van der Waals surface area contributed by atoms with Crippen LogP contribution in [0.3, 0.4) is 0 Å². The lowest BCUT2D eigenvalue weighted by molar-refractivity contribution is 0.00881. The molecular weight excluding hydrogens is 693 g/mol. The summed E-state index contributed by atoms with van der Waals surface area (Å²) in [7, 11) is 5.23. The van der Waals surface area contributed by atoms with Crippen LogP contribution in [0.4, 0.5) is 10.6 Å². The number of nitrogens with zero attached hydrogens (tertiary/aromatic N) is 9. The van der Waals surface area contributed by atoms with Gasteiger partial charge < -0.3 is 29.9 Å². The van der Waals surface area contributed by atoms with Gasteiger partial charge in [-0.25, -0.2) is 19.4 Å². The van der Waals surface area contributed by atoms with Gasteiger partial charge in [-0.1, -0.05) is 65.9 Å². The molecule has 55 heavy (non-hydrogen) atoms. The van der Waals surface area contributed by atoms with E-state index in [2.05, 4.69) is 108 Å². The van der Waals surface area contributed by atoms with Gasteiger partial charge in [-0.2, -0.15) is 0 Å². The van der Waals surface area contributed by atoms with E-state index in [1.807, 2.05) is 11.9 Å². The summed E-state index contributed by atoms with van der Waals surface area (Å²) in [5.74, 6) is 2.26. The van der Waals surface area contributed by atoms with Gasteiger partial charge in [0.05, 0.1) is 14.2 Å². The molecular formula is C42H52N10O3. The van der Waals surface area contributed by atoms with Gasteiger partial charge in [-0.3, -0.25) is 4.90 Å². The van der Waals surface area contributed by atoms with E-state index in [1.165, 1.54) is 22.3 Å². The van der Waals surface area contributed by atoms with Crippen LogP contribution in [0.15, 0.2) is 79.1 Å². The van der Waals surface area contributed by atoms with Gasteiger partial charge in [0.15, 0.2) is 28.5 Å². The molecule has 3 aliphatic heterocycles. The molecule has 13 nitrogen and oxygen atoms in total. The molecule has 13 heteroatoms. The highest BCUT2D eigenvalue weighted by Crippen LogP contribution is 2.47. The van der Waals surface area contributed by atoms with Crippen LogP contribution in [0.1, 0.15) is 41.5 Å². The average Bonchev–Trinajstić information content (AvgIpc) is 3.61. The second-order valence-electron chi connectivity index (χ2n) is 15.4. The SMILES string of the molecule is COc1cc2c(cc1OC)C1(CCN(C(=O)N3CCN(c4ncnc5c4nnn5C)CC3)CC1)N(CCC(N)(Cc1ccccc1)Cc1ccccc1)CC2. The molecule has 2 saturated heterocycles. The number of anilines is 1. The molecule has 0 unspecified atom stereocenters. The monoisotopic (exact) mass is 744 g/mol. The molecule has 8 rings (SSSR count). The fourth-order valence-electron chi connectivity index (χ4n) is 9.16. The van der Waals surface area contributed by atoms with Crippen molar-refractivity contribution in [2.75, 3.05) is 71.5 Å². The Morgan fingerprint density at radius 2 is 1.44 bits per heavy atom. The highest BCUT2D eigenvalue weighted by atomic mass is 16.5. The maximum Gasteiger partial charge on any atom is 0.320 e. The lowest BCUT2D eigenvalue weighted by Gasteiger charge is -2.53. The lowest BCUT2D eigenvalue weighted by atomic mass is 9.73. The van der Waals surface area contributed by atoms with Gasteiger partial charge >= 0.3 is 6.03 Å². The van der Waals surface area contributed by atoms with Crippen molar-refractivity contribution in [3.63, 3.8) is 0 Å². The number of likely N-dealkylation sites (tertiary alicyclic amines) is 1. The number of methoxy groups -OCH3 is 2. The number of carbonyl (C=O) groups excluding carboxylic acids is 1. The average molecular weight is 745 g/mol. The molecule has 0 atom stereocenters. The Morgan fingerprint density at radius 3 is 2.07 bits per heavy atom. The van der Waals surface area contributed by atoms with E-state index < -0.39 is 5.54 Å². The zero-order valence-electron chi connectivity index (χ0n) is 32.2. The molecule has 0 aliphatic carbocycles. The molecule has 1 spiro atoms. The fourth-order valence-corrected chi connectivity index (χ4v) is 9.16. The van der Waals surface area contributed by atoms with Crippen molar-refractivity contribution >= 4 is 23.0 Å². The van der Waals surface area contributed by atoms with Crippen LogP contribution in [0.2, 0.25) is 0 Å². The van der Waals surface area contributed by atoms with Crippen molar-refractivity contribution in [1.29, 1.82) is 0 Å². The number of amides is 2. The van der Waals surface area contributed by atoms with Crippen LogP contribution in [-0.2, 0) is 31.8 Å². The largest absolute Gasteiger partial charge is 0.493 e. The second kappa shape index (κ2) is 15.5. The van der Waals surface area contributed by atoms with Crippen molar-refractivity contribution in [1.82, 2.24) is 39.7 Å². The molecule has 288 valence electrons. The van der Waals surface area contributed by atoms with E-state index in [0.29, 0.717) is 50.4 Å². The van der Waals surface area contributed by atoms with Crippen LogP contribution in [-0.4, -0.2) is 118 Å². The molecule has 2 fully saturated rings. The highest BCUT2D eigenvalue weighted by molar-refractivity contribution is 5.83. The van der Waals surface area contributed by atoms with E-state index in [9.17, 15) is 4.79 Å². The second-order valence-corrected chi connectivity index (χ2v) is 15.4. The van der Waals surface area contributed by atoms with E-state index in [1.54, 1.807) is 25.2 Å². The molecule has 2 amide bonds. The minimum Gasteiger partial charge on any atom is -0.493 e. The van der Waals surface area contributed by atoms with Crippen molar-refractivity contribution in [2.45, 2.75) is 49.6 Å². The van der Waals surface area contributed by atoms with Crippen molar-refractivity contribution in [2.24, 2.45) is 12.8 Å². The van der Waals surface area contributed by atoms with Crippen molar-refractivity contribution < 1.29 is 14.3 Å². The van der Waals surface area contributed by atoms with Gasteiger partial charge in [-0.05, 0) is 72.9 Å². The first-order valence-corrected chi connectivity index (χ1v) is 19.5. The Morgan fingerprint density at radius 1 is 0.818 bits per heavy atom. The Labute approximate surface area is 323 Å². The van der Waals surface area contributed by atoms with Gasteiger partial charge in [0.1, 0.15) is 6.33 Å². The fraction of sp³-hybridized carbons (Fsp3) is 0.452. The number of fused-ring (bicyclic) bond motifs is 3. The predicted molar refractivity (Wildman–Crippen MR) is 212 cm³/mol. The third-order valence-corrected chi connectivity index (χ3v) is 12.1. The number of aryl methyl sites for hydroxylation is 1. The summed E-state index contributed by atoms with van der Waals surface area (Å²) in [5, 5.41) is 8.43. The normalized spacial score (nSPS) is 17.4. The minimum atomic E-state index is -0.439. The highest BCUT2D eigenvalue weighted by Gasteiger charge is 2.47. The smallest absolute Gasteiger partial charge is 0.320 e. The number of piperidine rings is 1. The Hall–Kier alpha value is -5.27. The quantitative estimate of drug-likeness (QED) is 0.219. The number of benzene rings is 3. The number of hydrogen-bond donors (Lipinski definition) is 1. The molecule has 3 aliphatic rings. The molecule has 0 bridgehead atoms. The molecule has 5 heterocycles. The topological polar surface area (TPSA) is 131 Å². The van der Waals surface area contributed by atoms with Crippen LogP contribution in [0.25, 0.3) is 11.2 Å². The summed E-state index contributed by atoms with van der Waals surface area (Å²) >= 11 is 0. The van der Waals surface area contributed by atoms with Crippen LogP contribution in [0.5, 0.6) is 11.5 Å². The van der Waals surface area contributed by atoms with Gasteiger partial charge in [-0.15, -0.1) is 5.10 Å². The zero-order chi connectivity index (χ0) is 38.0. The molecule has 2 N–H and O–H groups in total. The van der Waals surface area contributed by atoms with Gasteiger partial charge in [0, 0.05) is 70.5 Å². The molecule has 0 radical (unpaired) electrons. The summed E-state index contributed by atoms with van der Waals surface area (Å²) < 4.78 is 13.3. The molecule has 0 saturated carbocycles. The third-order valence-electron chi connectivity index (χ3n) is 12.1. The van der Waals surface area contributed by atoms with E-state index in [0.717, 1.165) is 68.9 Å². The summed E-state index contributed by atoms with van der Waals surface area (Å²) in [4.78, 5) is 31.9. The predicted octanol–water partition coefficient (Wildman–Crippen LogP) is 4.44. The summed E-state index contributed by atoms with van der Waals surface area (Å²) in [6, 6.07) is 25.7. The first-order valence-electron chi connectivity index (χ1n) is 19.5. The van der Waals surface area contributed by atoms with Gasteiger partial charge in [0.25, 0.3) is 0 Å². The number of urea groups is 1. The van der Waals surface area contributed by atoms with Crippen molar-refractivity contribution in [3.8, 4) is 11.5 Å². The van der Waals surface area contributed by atoms with Gasteiger partial charge in [0.2, 0.25) is 0 Å². The molecule has 3 aromatic carbocycles. The van der Waals surface area contributed by atoms with E-state index in [-0.39, 0.29) is 11.6 Å². The molecule has 2 aromatic heterocycles. The number of carbonyl (C=O) groups is 1. The van der Waals surface area contributed by atoms with Crippen LogP contribution >= 0.6 is 0 Å².